The van der Waals surface area contributed by atoms with E-state index in [9.17, 15) is 8.78 Å². The molecule has 0 aliphatic rings. The van der Waals surface area contributed by atoms with E-state index in [2.05, 4.69) is 0 Å². The van der Waals surface area contributed by atoms with Gasteiger partial charge in [0.2, 0.25) is 0 Å². The van der Waals surface area contributed by atoms with E-state index >= 15 is 0 Å². The fourth-order valence-corrected chi connectivity index (χ4v) is 1.70. The molecule has 4 heteroatoms. The third-order valence-electron chi connectivity index (χ3n) is 2.30. The maximum atomic E-state index is 12.6. The first-order valence-corrected chi connectivity index (χ1v) is 4.23. The van der Waals surface area contributed by atoms with Crippen LogP contribution in [0, 0.1) is 0 Å². The van der Waals surface area contributed by atoms with Crippen molar-refractivity contribution in [3.8, 4) is 0 Å². The lowest BCUT2D eigenvalue weighted by atomic mass is 10.1. The van der Waals surface area contributed by atoms with E-state index in [4.69, 9.17) is 5.73 Å². The Bertz CT molecular complexity index is 474. The maximum absolute atomic E-state index is 12.6. The second kappa shape index (κ2) is 2.97. The van der Waals surface area contributed by atoms with E-state index in [-0.39, 0.29) is 5.56 Å². The summed E-state index contributed by atoms with van der Waals surface area (Å²) in [5.74, 6) is 0. The first kappa shape index (κ1) is 8.99. The Hall–Kier alpha value is -1.58. The number of alkyl halides is 2. The highest BCUT2D eigenvalue weighted by molar-refractivity contribution is 5.93. The summed E-state index contributed by atoms with van der Waals surface area (Å²) in [5, 5.41) is 0.530. The lowest BCUT2D eigenvalue weighted by molar-refractivity contribution is 0.153. The molecule has 0 saturated heterocycles. The molecule has 0 amide bonds. The normalized spacial score (nSPS) is 11.4. The van der Waals surface area contributed by atoms with Crippen LogP contribution in [-0.2, 0) is 7.05 Å². The number of aryl methyl sites for hydroxylation is 1. The zero-order valence-electron chi connectivity index (χ0n) is 7.67. The third-order valence-corrected chi connectivity index (χ3v) is 2.30. The first-order chi connectivity index (χ1) is 6.61. The minimum atomic E-state index is -2.46. The van der Waals surface area contributed by atoms with Gasteiger partial charge in [0.1, 0.15) is 0 Å². The van der Waals surface area contributed by atoms with Crippen LogP contribution in [0.4, 0.5) is 14.5 Å². The molecule has 0 fully saturated rings. The van der Waals surface area contributed by atoms with Crippen molar-refractivity contribution in [3.05, 3.63) is 30.0 Å². The zero-order chi connectivity index (χ0) is 10.3. The molecule has 0 radical (unpaired) electrons. The van der Waals surface area contributed by atoms with Gasteiger partial charge < -0.3 is 10.3 Å². The number of benzene rings is 1. The van der Waals surface area contributed by atoms with Gasteiger partial charge in [0.05, 0.1) is 11.2 Å². The highest BCUT2D eigenvalue weighted by Crippen LogP contribution is 2.31. The van der Waals surface area contributed by atoms with Gasteiger partial charge in [0, 0.05) is 24.2 Å². The summed E-state index contributed by atoms with van der Waals surface area (Å²) in [7, 11) is 1.71. The van der Waals surface area contributed by atoms with Gasteiger partial charge in [-0.1, -0.05) is 12.1 Å². The summed E-state index contributed by atoms with van der Waals surface area (Å²) in [6, 6.07) is 5.05. The number of halogens is 2. The smallest absolute Gasteiger partial charge is 0.265 e. The Labute approximate surface area is 79.9 Å². The van der Waals surface area contributed by atoms with Gasteiger partial charge in [0.25, 0.3) is 6.43 Å². The third kappa shape index (κ3) is 1.14. The van der Waals surface area contributed by atoms with Gasteiger partial charge in [-0.2, -0.15) is 0 Å². The Morgan fingerprint density at radius 1 is 1.36 bits per heavy atom. The molecule has 14 heavy (non-hydrogen) atoms. The Morgan fingerprint density at radius 2 is 2.07 bits per heavy atom. The average Bonchev–Trinajstić information content (AvgIpc) is 2.45. The molecule has 2 nitrogen and oxygen atoms in total. The van der Waals surface area contributed by atoms with E-state index in [0.717, 1.165) is 0 Å². The van der Waals surface area contributed by atoms with E-state index in [0.29, 0.717) is 16.6 Å². The molecule has 0 unspecified atom stereocenters. The number of para-hydroxylation sites is 1. The Balaban J connectivity index is 2.84. The second-order valence-electron chi connectivity index (χ2n) is 3.24. The number of nitrogens with two attached hydrogens (primary N) is 1. The quantitative estimate of drug-likeness (QED) is 0.698. The van der Waals surface area contributed by atoms with Crippen LogP contribution in [0.15, 0.2) is 24.4 Å². The monoisotopic (exact) mass is 196 g/mol. The molecule has 1 aromatic heterocycles. The SMILES string of the molecule is Cn1cc(C(F)F)c2cccc(N)c21. The standard InChI is InChI=1S/C10H10F2N2/c1-14-5-7(10(11)12)6-3-2-4-8(13)9(6)14/h2-5,10H,13H2,1H3. The van der Waals surface area contributed by atoms with Crippen LogP contribution >= 0.6 is 0 Å². The summed E-state index contributed by atoms with van der Waals surface area (Å²) < 4.78 is 26.8. The van der Waals surface area contributed by atoms with Crippen LogP contribution in [0.1, 0.15) is 12.0 Å². The number of fused-ring (bicyclic) bond motifs is 1. The van der Waals surface area contributed by atoms with Crippen molar-refractivity contribution >= 4 is 16.6 Å². The van der Waals surface area contributed by atoms with Crippen molar-refractivity contribution in [2.45, 2.75) is 6.43 Å². The number of hydrogen-bond donors (Lipinski definition) is 1. The predicted molar refractivity (Wildman–Crippen MR) is 52.3 cm³/mol. The number of hydrogen-bond acceptors (Lipinski definition) is 1. The van der Waals surface area contributed by atoms with Gasteiger partial charge in [0.15, 0.2) is 0 Å². The van der Waals surface area contributed by atoms with Crippen molar-refractivity contribution in [2.75, 3.05) is 5.73 Å². The van der Waals surface area contributed by atoms with Gasteiger partial charge in [-0.3, -0.25) is 0 Å². The fraction of sp³-hybridized carbons (Fsp3) is 0.200. The van der Waals surface area contributed by atoms with Crippen molar-refractivity contribution in [3.63, 3.8) is 0 Å². The predicted octanol–water partition coefficient (Wildman–Crippen LogP) is 2.70. The minimum Gasteiger partial charge on any atom is -0.397 e. The van der Waals surface area contributed by atoms with E-state index in [1.54, 1.807) is 29.8 Å². The molecule has 2 N–H and O–H groups in total. The fourth-order valence-electron chi connectivity index (χ4n) is 1.70. The Kier molecular flexibility index (Phi) is 1.91. The topological polar surface area (TPSA) is 30.9 Å². The van der Waals surface area contributed by atoms with Crippen LogP contribution in [0.2, 0.25) is 0 Å². The average molecular weight is 196 g/mol. The highest BCUT2D eigenvalue weighted by Gasteiger charge is 2.15. The number of nitrogens with zero attached hydrogens (tertiary/aromatic N) is 1. The molecular formula is C10H10F2N2. The summed E-state index contributed by atoms with van der Waals surface area (Å²) in [4.78, 5) is 0. The van der Waals surface area contributed by atoms with Crippen LogP contribution in [-0.4, -0.2) is 4.57 Å². The molecule has 1 heterocycles. The first-order valence-electron chi connectivity index (χ1n) is 4.23. The van der Waals surface area contributed by atoms with Crippen LogP contribution in [0.3, 0.4) is 0 Å². The molecule has 2 aromatic rings. The van der Waals surface area contributed by atoms with E-state index < -0.39 is 6.43 Å². The summed E-state index contributed by atoms with van der Waals surface area (Å²) in [6.07, 6.45) is -1.04. The number of nitrogen functional groups attached to an aromatic ring is 1. The summed E-state index contributed by atoms with van der Waals surface area (Å²) in [6.45, 7) is 0. The van der Waals surface area contributed by atoms with E-state index in [1.165, 1.54) is 6.20 Å². The van der Waals surface area contributed by atoms with Crippen molar-refractivity contribution in [1.29, 1.82) is 0 Å². The molecule has 0 bridgehead atoms. The van der Waals surface area contributed by atoms with Crippen LogP contribution in [0.25, 0.3) is 10.9 Å². The molecule has 74 valence electrons. The molecule has 0 aliphatic carbocycles. The number of anilines is 1. The van der Waals surface area contributed by atoms with Crippen LogP contribution in [0.5, 0.6) is 0 Å². The number of aromatic nitrogens is 1. The minimum absolute atomic E-state index is 0.0369. The van der Waals surface area contributed by atoms with Gasteiger partial charge >= 0.3 is 0 Å². The lowest BCUT2D eigenvalue weighted by Gasteiger charge is -1.99. The number of rotatable bonds is 1. The maximum Gasteiger partial charge on any atom is 0.265 e. The van der Waals surface area contributed by atoms with Crippen molar-refractivity contribution < 1.29 is 8.78 Å². The van der Waals surface area contributed by atoms with Crippen molar-refractivity contribution in [1.82, 2.24) is 4.57 Å². The molecule has 2 rings (SSSR count). The van der Waals surface area contributed by atoms with Crippen molar-refractivity contribution in [2.24, 2.45) is 7.05 Å². The zero-order valence-corrected chi connectivity index (χ0v) is 7.67. The van der Waals surface area contributed by atoms with Gasteiger partial charge in [-0.25, -0.2) is 8.78 Å². The molecule has 0 atom stereocenters. The Morgan fingerprint density at radius 3 is 2.71 bits per heavy atom. The van der Waals surface area contributed by atoms with E-state index in [1.807, 2.05) is 0 Å². The van der Waals surface area contributed by atoms with Crippen LogP contribution < -0.4 is 5.73 Å². The molecule has 0 aliphatic heterocycles. The molecular weight excluding hydrogens is 186 g/mol. The lowest BCUT2D eigenvalue weighted by Crippen LogP contribution is -1.91. The molecule has 1 aromatic carbocycles. The summed E-state index contributed by atoms with van der Waals surface area (Å²) in [5.41, 5.74) is 6.94. The second-order valence-corrected chi connectivity index (χ2v) is 3.24. The molecule has 0 saturated carbocycles. The summed E-state index contributed by atoms with van der Waals surface area (Å²) >= 11 is 0. The van der Waals surface area contributed by atoms with Gasteiger partial charge in [-0.05, 0) is 6.07 Å². The van der Waals surface area contributed by atoms with Gasteiger partial charge in [-0.15, -0.1) is 0 Å². The highest BCUT2D eigenvalue weighted by atomic mass is 19.3. The molecule has 0 spiro atoms. The largest absolute Gasteiger partial charge is 0.397 e.